The average molecular weight is 258 g/mol. The summed E-state index contributed by atoms with van der Waals surface area (Å²) in [6.07, 6.45) is -2.45. The highest BCUT2D eigenvalue weighted by Gasteiger charge is 2.25. The van der Waals surface area contributed by atoms with Crippen molar-refractivity contribution in [2.45, 2.75) is 11.3 Å². The number of nitrogens with zero attached hydrogens (tertiary/aromatic N) is 1. The van der Waals surface area contributed by atoms with Crippen LogP contribution in [-0.2, 0) is 10.0 Å². The lowest BCUT2D eigenvalue weighted by molar-refractivity contribution is 0.148. The van der Waals surface area contributed by atoms with Gasteiger partial charge in [-0.1, -0.05) is 11.6 Å². The first-order valence-electron chi connectivity index (χ1n) is 3.50. The number of hydrogen-bond acceptors (Lipinski definition) is 4. The van der Waals surface area contributed by atoms with Gasteiger partial charge in [-0.3, -0.25) is 0 Å². The van der Waals surface area contributed by atoms with Gasteiger partial charge in [-0.05, 0) is 0 Å². The molecule has 15 heavy (non-hydrogen) atoms. The van der Waals surface area contributed by atoms with Crippen LogP contribution in [0.2, 0.25) is 5.02 Å². The number of aromatic nitrogens is 1. The van der Waals surface area contributed by atoms with Crippen LogP contribution in [0.5, 0.6) is 0 Å². The third-order valence-electron chi connectivity index (χ3n) is 1.57. The highest BCUT2D eigenvalue weighted by Crippen LogP contribution is 2.34. The van der Waals surface area contributed by atoms with E-state index in [4.69, 9.17) is 22.5 Å². The monoisotopic (exact) mass is 257 g/mol. The van der Waals surface area contributed by atoms with Crippen LogP contribution in [0.3, 0.4) is 0 Å². The van der Waals surface area contributed by atoms with Crippen molar-refractivity contribution >= 4 is 27.4 Å². The molecular weight excluding hydrogens is 252 g/mol. The molecule has 0 amide bonds. The van der Waals surface area contributed by atoms with E-state index in [-0.39, 0.29) is 5.82 Å². The lowest BCUT2D eigenvalue weighted by atomic mass is 10.2. The molecule has 0 atom stereocenters. The minimum atomic E-state index is -4.30. The molecule has 9 heteroatoms. The molecule has 4 N–H and O–H groups in total. The van der Waals surface area contributed by atoms with Crippen molar-refractivity contribution in [2.24, 2.45) is 5.14 Å². The van der Waals surface area contributed by atoms with Gasteiger partial charge in [0.1, 0.15) is 10.7 Å². The highest BCUT2D eigenvalue weighted by atomic mass is 35.5. The number of sulfonamides is 1. The zero-order valence-electron chi connectivity index (χ0n) is 7.12. The number of primary sulfonamides is 1. The van der Waals surface area contributed by atoms with E-state index in [0.29, 0.717) is 6.20 Å². The molecule has 0 aliphatic rings. The number of hydrogen-bond donors (Lipinski definition) is 2. The third kappa shape index (κ3) is 2.33. The van der Waals surface area contributed by atoms with E-state index in [1.54, 1.807) is 0 Å². The largest absolute Gasteiger partial charge is 0.382 e. The van der Waals surface area contributed by atoms with Crippen molar-refractivity contribution < 1.29 is 17.2 Å². The van der Waals surface area contributed by atoms with E-state index >= 15 is 0 Å². The van der Waals surface area contributed by atoms with Crippen molar-refractivity contribution in [1.29, 1.82) is 0 Å². The summed E-state index contributed by atoms with van der Waals surface area (Å²) in [6.45, 7) is 0. The van der Waals surface area contributed by atoms with Gasteiger partial charge in [0.2, 0.25) is 10.0 Å². The second-order valence-corrected chi connectivity index (χ2v) is 4.49. The summed E-state index contributed by atoms with van der Waals surface area (Å²) in [5.41, 5.74) is 4.23. The molecule has 1 rings (SSSR count). The first-order chi connectivity index (χ1) is 6.75. The van der Waals surface area contributed by atoms with Crippen LogP contribution in [0, 0.1) is 0 Å². The molecule has 5 nitrogen and oxygen atoms in total. The molecule has 0 aliphatic heterocycles. The summed E-state index contributed by atoms with van der Waals surface area (Å²) in [5.74, 6) is -0.376. The molecule has 1 aromatic heterocycles. The molecule has 0 radical (unpaired) electrons. The van der Waals surface area contributed by atoms with Crippen molar-refractivity contribution in [3.05, 3.63) is 16.8 Å². The van der Waals surface area contributed by atoms with Crippen LogP contribution < -0.4 is 10.9 Å². The molecule has 0 saturated carbocycles. The maximum absolute atomic E-state index is 12.5. The van der Waals surface area contributed by atoms with Crippen molar-refractivity contribution in [1.82, 2.24) is 4.98 Å². The summed E-state index contributed by atoms with van der Waals surface area (Å²) in [5, 5.41) is 4.11. The van der Waals surface area contributed by atoms with Gasteiger partial charge >= 0.3 is 0 Å². The number of alkyl halides is 2. The molecule has 0 aliphatic carbocycles. The van der Waals surface area contributed by atoms with Gasteiger partial charge in [0, 0.05) is 6.20 Å². The Morgan fingerprint density at radius 2 is 2.00 bits per heavy atom. The first-order valence-corrected chi connectivity index (χ1v) is 5.42. The molecule has 0 spiro atoms. The molecule has 1 aromatic rings. The van der Waals surface area contributed by atoms with Crippen molar-refractivity contribution in [2.75, 3.05) is 5.73 Å². The van der Waals surface area contributed by atoms with Crippen LogP contribution in [-0.4, -0.2) is 13.4 Å². The van der Waals surface area contributed by atoms with Crippen LogP contribution in [0.15, 0.2) is 11.1 Å². The summed E-state index contributed by atoms with van der Waals surface area (Å²) < 4.78 is 46.9. The Hall–Kier alpha value is -0.990. The lowest BCUT2D eigenvalue weighted by Gasteiger charge is -2.09. The SMILES string of the molecule is Nc1ncc(S(N)(=O)=O)c(C(F)F)c1Cl. The fourth-order valence-corrected chi connectivity index (χ4v) is 1.92. The average Bonchev–Trinajstić information content (AvgIpc) is 2.06. The number of rotatable bonds is 2. The highest BCUT2D eigenvalue weighted by molar-refractivity contribution is 7.89. The van der Waals surface area contributed by atoms with E-state index in [0.717, 1.165) is 0 Å². The Kier molecular flexibility index (Phi) is 3.12. The molecule has 0 bridgehead atoms. The molecular formula is C6H6ClF2N3O2S. The normalized spacial score (nSPS) is 12.1. The quantitative estimate of drug-likeness (QED) is 0.822. The van der Waals surface area contributed by atoms with Gasteiger partial charge in [0.15, 0.2) is 0 Å². The minimum Gasteiger partial charge on any atom is -0.382 e. The van der Waals surface area contributed by atoms with E-state index in [2.05, 4.69) is 4.98 Å². The zero-order chi connectivity index (χ0) is 11.8. The minimum absolute atomic E-state index is 0.376. The molecule has 0 unspecified atom stereocenters. The van der Waals surface area contributed by atoms with E-state index in [1.165, 1.54) is 0 Å². The predicted octanol–water partition coefficient (Wildman–Crippen LogP) is 0.902. The Bertz CT molecular complexity index is 491. The lowest BCUT2D eigenvalue weighted by Crippen LogP contribution is -2.16. The second kappa shape index (κ2) is 3.87. The van der Waals surface area contributed by atoms with Gasteiger partial charge in [-0.2, -0.15) is 0 Å². The van der Waals surface area contributed by atoms with Crippen LogP contribution in [0.1, 0.15) is 12.0 Å². The first kappa shape index (κ1) is 12.1. The van der Waals surface area contributed by atoms with Gasteiger partial charge in [0.25, 0.3) is 6.43 Å². The fraction of sp³-hybridized carbons (Fsp3) is 0.167. The Morgan fingerprint density at radius 3 is 2.40 bits per heavy atom. The maximum Gasteiger partial charge on any atom is 0.266 e. The van der Waals surface area contributed by atoms with Gasteiger partial charge in [-0.15, -0.1) is 0 Å². The predicted molar refractivity (Wildman–Crippen MR) is 50.0 cm³/mol. The van der Waals surface area contributed by atoms with Crippen molar-refractivity contribution in [3.8, 4) is 0 Å². The molecule has 1 heterocycles. The Balaban J connectivity index is 3.62. The van der Waals surface area contributed by atoms with Gasteiger partial charge in [-0.25, -0.2) is 27.3 Å². The summed E-state index contributed by atoms with van der Waals surface area (Å²) >= 11 is 5.41. The number of nitrogen functional groups attached to an aromatic ring is 1. The summed E-state index contributed by atoms with van der Waals surface area (Å²) in [4.78, 5) is 2.52. The van der Waals surface area contributed by atoms with Gasteiger partial charge < -0.3 is 5.73 Å². The Labute approximate surface area is 89.1 Å². The molecule has 0 aromatic carbocycles. The number of nitrogens with two attached hydrogens (primary N) is 2. The number of pyridine rings is 1. The second-order valence-electron chi connectivity index (χ2n) is 2.58. The van der Waals surface area contributed by atoms with E-state index in [1.807, 2.05) is 0 Å². The third-order valence-corrected chi connectivity index (χ3v) is 2.91. The van der Waals surface area contributed by atoms with Crippen LogP contribution in [0.25, 0.3) is 0 Å². The summed E-state index contributed by atoms with van der Waals surface area (Å²) in [7, 11) is -4.30. The van der Waals surface area contributed by atoms with Crippen molar-refractivity contribution in [3.63, 3.8) is 0 Å². The maximum atomic E-state index is 12.5. The van der Waals surface area contributed by atoms with Gasteiger partial charge in [0.05, 0.1) is 10.6 Å². The summed E-state index contributed by atoms with van der Waals surface area (Å²) in [6, 6.07) is 0. The smallest absolute Gasteiger partial charge is 0.266 e. The Morgan fingerprint density at radius 1 is 1.47 bits per heavy atom. The van der Waals surface area contributed by atoms with E-state index in [9.17, 15) is 17.2 Å². The number of halogens is 3. The number of anilines is 1. The standard InChI is InChI=1S/C6H6ClF2N3O2S/c7-4-3(5(8)9)2(15(11,13)14)1-12-6(4)10/h1,5H,(H2,10,12)(H2,11,13,14). The van der Waals surface area contributed by atoms with Crippen LogP contribution >= 0.6 is 11.6 Å². The molecule has 0 saturated heterocycles. The molecule has 0 fully saturated rings. The van der Waals surface area contributed by atoms with Crippen LogP contribution in [0.4, 0.5) is 14.6 Å². The molecule has 84 valence electrons. The topological polar surface area (TPSA) is 99.1 Å². The fourth-order valence-electron chi connectivity index (χ4n) is 0.931. The zero-order valence-corrected chi connectivity index (χ0v) is 8.69. The van der Waals surface area contributed by atoms with E-state index < -0.39 is 31.9 Å².